The highest BCUT2D eigenvalue weighted by Gasteiger charge is 2.18. The van der Waals surface area contributed by atoms with Crippen molar-refractivity contribution in [1.82, 2.24) is 19.7 Å². The predicted molar refractivity (Wildman–Crippen MR) is 77.2 cm³/mol. The molecule has 5 heteroatoms. The second-order valence-corrected chi connectivity index (χ2v) is 5.55. The largest absolute Gasteiger partial charge is 0.373 e. The Hall–Kier alpha value is -1.91. The van der Waals surface area contributed by atoms with Crippen LogP contribution in [0.15, 0.2) is 18.5 Å². The summed E-state index contributed by atoms with van der Waals surface area (Å²) < 4.78 is 1.88. The number of hydrogen-bond acceptors (Lipinski definition) is 4. The molecule has 0 aliphatic rings. The Kier molecular flexibility index (Phi) is 3.55. The van der Waals surface area contributed by atoms with Crippen molar-refractivity contribution in [3.05, 3.63) is 24.2 Å². The third-order valence-electron chi connectivity index (χ3n) is 2.97. The van der Waals surface area contributed by atoms with Crippen LogP contribution in [0.2, 0.25) is 0 Å². The van der Waals surface area contributed by atoms with Crippen molar-refractivity contribution in [2.45, 2.75) is 39.7 Å². The Morgan fingerprint density at radius 2 is 2.00 bits per heavy atom. The van der Waals surface area contributed by atoms with E-state index in [4.69, 9.17) is 0 Å². The van der Waals surface area contributed by atoms with E-state index in [1.165, 1.54) is 0 Å². The third kappa shape index (κ3) is 2.92. The van der Waals surface area contributed by atoms with Crippen molar-refractivity contribution < 1.29 is 0 Å². The summed E-state index contributed by atoms with van der Waals surface area (Å²) in [5, 5.41) is 7.37. The Morgan fingerprint density at radius 1 is 1.26 bits per heavy atom. The zero-order valence-corrected chi connectivity index (χ0v) is 12.2. The quantitative estimate of drug-likeness (QED) is 0.920. The Labute approximate surface area is 114 Å². The fraction of sp³-hybridized carbons (Fsp3) is 0.500. The summed E-state index contributed by atoms with van der Waals surface area (Å²) >= 11 is 0. The van der Waals surface area contributed by atoms with E-state index in [1.54, 1.807) is 0 Å². The molecule has 2 rings (SSSR count). The van der Waals surface area contributed by atoms with Crippen molar-refractivity contribution in [3.63, 3.8) is 0 Å². The van der Waals surface area contributed by atoms with Crippen molar-refractivity contribution in [2.24, 2.45) is 0 Å². The summed E-state index contributed by atoms with van der Waals surface area (Å²) in [6.07, 6.45) is 3.78. The summed E-state index contributed by atoms with van der Waals surface area (Å²) in [5.41, 5.74) is 1.96. The molecule has 0 aliphatic heterocycles. The monoisotopic (exact) mass is 259 g/mol. The van der Waals surface area contributed by atoms with E-state index < -0.39 is 0 Å². The second kappa shape index (κ2) is 4.99. The fourth-order valence-corrected chi connectivity index (χ4v) is 1.74. The van der Waals surface area contributed by atoms with Crippen LogP contribution in [-0.4, -0.2) is 26.8 Å². The van der Waals surface area contributed by atoms with Crippen molar-refractivity contribution in [2.75, 3.05) is 12.4 Å². The average Bonchev–Trinajstić information content (AvgIpc) is 2.86. The standard InChI is InChI=1S/C14H21N5/c1-6-19-9-10(8-16-19)13-17-11(14(2,3)4)7-12(15-5)18-13/h7-9H,6H2,1-5H3,(H,15,17,18). The number of nitrogens with one attached hydrogen (secondary N) is 1. The van der Waals surface area contributed by atoms with Crippen LogP contribution in [0.4, 0.5) is 5.82 Å². The fourth-order valence-electron chi connectivity index (χ4n) is 1.74. The molecule has 0 bridgehead atoms. The smallest absolute Gasteiger partial charge is 0.164 e. The number of aryl methyl sites for hydroxylation is 1. The Balaban J connectivity index is 2.50. The van der Waals surface area contributed by atoms with E-state index in [0.29, 0.717) is 0 Å². The lowest BCUT2D eigenvalue weighted by atomic mass is 9.92. The lowest BCUT2D eigenvalue weighted by Gasteiger charge is -2.19. The molecule has 5 nitrogen and oxygen atoms in total. The van der Waals surface area contributed by atoms with E-state index in [9.17, 15) is 0 Å². The molecule has 0 spiro atoms. The maximum Gasteiger partial charge on any atom is 0.164 e. The van der Waals surface area contributed by atoms with E-state index in [-0.39, 0.29) is 5.41 Å². The molecule has 102 valence electrons. The summed E-state index contributed by atoms with van der Waals surface area (Å²) in [5.74, 6) is 1.55. The number of rotatable bonds is 3. The van der Waals surface area contributed by atoms with Crippen LogP contribution < -0.4 is 5.32 Å². The van der Waals surface area contributed by atoms with Crippen molar-refractivity contribution >= 4 is 5.82 Å². The molecule has 0 saturated carbocycles. The number of nitrogens with zero attached hydrogens (tertiary/aromatic N) is 4. The summed E-state index contributed by atoms with van der Waals surface area (Å²) in [6.45, 7) is 9.34. The van der Waals surface area contributed by atoms with Crippen molar-refractivity contribution in [3.8, 4) is 11.4 Å². The van der Waals surface area contributed by atoms with Gasteiger partial charge in [-0.1, -0.05) is 20.8 Å². The van der Waals surface area contributed by atoms with E-state index in [2.05, 4.69) is 48.1 Å². The first kappa shape index (κ1) is 13.5. The molecule has 2 heterocycles. The normalized spacial score (nSPS) is 11.6. The highest BCUT2D eigenvalue weighted by molar-refractivity contribution is 5.56. The SMILES string of the molecule is CCn1cc(-c2nc(NC)cc(C(C)(C)C)n2)cn1. The van der Waals surface area contributed by atoms with Crippen LogP contribution >= 0.6 is 0 Å². The number of hydrogen-bond donors (Lipinski definition) is 1. The molecule has 0 amide bonds. The molecule has 0 aromatic carbocycles. The first-order chi connectivity index (χ1) is 8.94. The van der Waals surface area contributed by atoms with Gasteiger partial charge < -0.3 is 5.32 Å². The highest BCUT2D eigenvalue weighted by Crippen LogP contribution is 2.25. The number of anilines is 1. The van der Waals surface area contributed by atoms with E-state index in [1.807, 2.05) is 30.2 Å². The summed E-state index contributed by atoms with van der Waals surface area (Å²) in [7, 11) is 1.87. The van der Waals surface area contributed by atoms with Crippen LogP contribution in [-0.2, 0) is 12.0 Å². The second-order valence-electron chi connectivity index (χ2n) is 5.55. The van der Waals surface area contributed by atoms with E-state index in [0.717, 1.165) is 29.4 Å². The predicted octanol–water partition coefficient (Wildman–Crippen LogP) is 2.70. The van der Waals surface area contributed by atoms with Gasteiger partial charge in [-0.05, 0) is 6.92 Å². The molecular formula is C14H21N5. The molecule has 0 aliphatic carbocycles. The van der Waals surface area contributed by atoms with Gasteiger partial charge >= 0.3 is 0 Å². The molecule has 0 atom stereocenters. The maximum absolute atomic E-state index is 4.67. The van der Waals surface area contributed by atoms with Crippen LogP contribution in [0, 0.1) is 0 Å². The van der Waals surface area contributed by atoms with Crippen molar-refractivity contribution in [1.29, 1.82) is 0 Å². The van der Waals surface area contributed by atoms with E-state index >= 15 is 0 Å². The zero-order valence-electron chi connectivity index (χ0n) is 12.2. The van der Waals surface area contributed by atoms with Gasteiger partial charge in [0.05, 0.1) is 17.5 Å². The summed E-state index contributed by atoms with van der Waals surface area (Å²) in [4.78, 5) is 9.17. The van der Waals surface area contributed by atoms with Gasteiger partial charge in [0, 0.05) is 31.3 Å². The van der Waals surface area contributed by atoms with Gasteiger partial charge in [-0.3, -0.25) is 4.68 Å². The molecule has 0 radical (unpaired) electrons. The molecule has 0 saturated heterocycles. The van der Waals surface area contributed by atoms with Crippen LogP contribution in [0.25, 0.3) is 11.4 Å². The Morgan fingerprint density at radius 3 is 2.53 bits per heavy atom. The molecular weight excluding hydrogens is 238 g/mol. The average molecular weight is 259 g/mol. The third-order valence-corrected chi connectivity index (χ3v) is 2.97. The van der Waals surface area contributed by atoms with Crippen LogP contribution in [0.5, 0.6) is 0 Å². The lowest BCUT2D eigenvalue weighted by Crippen LogP contribution is -2.15. The van der Waals surface area contributed by atoms with Gasteiger partial charge in [-0.25, -0.2) is 9.97 Å². The first-order valence-corrected chi connectivity index (χ1v) is 6.54. The minimum atomic E-state index is -0.00988. The molecule has 19 heavy (non-hydrogen) atoms. The minimum absolute atomic E-state index is 0.00988. The summed E-state index contributed by atoms with van der Waals surface area (Å²) in [6, 6.07) is 1.99. The minimum Gasteiger partial charge on any atom is -0.373 e. The number of aromatic nitrogens is 4. The van der Waals surface area contributed by atoms with Gasteiger partial charge in [0.25, 0.3) is 0 Å². The van der Waals surface area contributed by atoms with Crippen LogP contribution in [0.1, 0.15) is 33.4 Å². The zero-order chi connectivity index (χ0) is 14.0. The lowest BCUT2D eigenvalue weighted by molar-refractivity contribution is 0.568. The molecule has 0 unspecified atom stereocenters. The van der Waals surface area contributed by atoms with Gasteiger partial charge in [-0.2, -0.15) is 5.10 Å². The van der Waals surface area contributed by atoms with Crippen LogP contribution in [0.3, 0.4) is 0 Å². The topological polar surface area (TPSA) is 55.6 Å². The molecule has 1 N–H and O–H groups in total. The van der Waals surface area contributed by atoms with Gasteiger partial charge in [0.1, 0.15) is 5.82 Å². The van der Waals surface area contributed by atoms with Gasteiger partial charge in [0.15, 0.2) is 5.82 Å². The molecule has 0 fully saturated rings. The first-order valence-electron chi connectivity index (χ1n) is 6.54. The highest BCUT2D eigenvalue weighted by atomic mass is 15.3. The molecule has 2 aromatic rings. The Bertz CT molecular complexity index is 565. The maximum atomic E-state index is 4.67. The van der Waals surface area contributed by atoms with Gasteiger partial charge in [-0.15, -0.1) is 0 Å². The van der Waals surface area contributed by atoms with Gasteiger partial charge in [0.2, 0.25) is 0 Å². The molecule has 2 aromatic heterocycles.